The predicted molar refractivity (Wildman–Crippen MR) is 110 cm³/mol. The highest BCUT2D eigenvalue weighted by molar-refractivity contribution is 5.90. The summed E-state index contributed by atoms with van der Waals surface area (Å²) in [5.74, 6) is 0.938. The van der Waals surface area contributed by atoms with E-state index in [4.69, 9.17) is 0 Å². The number of carbonyl (C=O) groups excluding carboxylic acids is 1. The highest BCUT2D eigenvalue weighted by atomic mass is 16.2. The lowest BCUT2D eigenvalue weighted by atomic mass is 10.1. The molecule has 2 N–H and O–H groups in total. The number of nitrogens with zero attached hydrogens (tertiary/aromatic N) is 4. The van der Waals surface area contributed by atoms with Crippen LogP contribution in [0.4, 0.5) is 10.6 Å². The standard InChI is InChI=1S/C21H26N6O/c1-14-11-22-19-18(14)20(24-13-23-19)26-9-10-27(15(2)12-26)21(28)25-16(3)17-7-5-4-6-8-17/h4-8,11,13,15-16H,9-10,12H2,1-3H3,(H,25,28)(H,22,23,24)/t15-,16-/m0/s1. The van der Waals surface area contributed by atoms with Gasteiger partial charge in [0.2, 0.25) is 0 Å². The van der Waals surface area contributed by atoms with Crippen molar-refractivity contribution in [3.05, 3.63) is 54.0 Å². The Hall–Kier alpha value is -3.09. The average molecular weight is 378 g/mol. The summed E-state index contributed by atoms with van der Waals surface area (Å²) in [7, 11) is 0. The molecule has 146 valence electrons. The van der Waals surface area contributed by atoms with Crippen LogP contribution < -0.4 is 10.2 Å². The third-order valence-corrected chi connectivity index (χ3v) is 5.47. The van der Waals surface area contributed by atoms with Crippen LogP contribution in [0, 0.1) is 6.92 Å². The number of amides is 2. The fourth-order valence-corrected chi connectivity index (χ4v) is 3.88. The molecule has 1 aromatic carbocycles. The number of benzene rings is 1. The number of fused-ring (bicyclic) bond motifs is 1. The summed E-state index contributed by atoms with van der Waals surface area (Å²) in [4.78, 5) is 29.0. The summed E-state index contributed by atoms with van der Waals surface area (Å²) >= 11 is 0. The van der Waals surface area contributed by atoms with Gasteiger partial charge in [-0.3, -0.25) is 0 Å². The second-order valence-electron chi connectivity index (χ2n) is 7.46. The van der Waals surface area contributed by atoms with Crippen molar-refractivity contribution >= 4 is 22.9 Å². The van der Waals surface area contributed by atoms with E-state index >= 15 is 0 Å². The molecule has 7 nitrogen and oxygen atoms in total. The number of aryl methyl sites for hydroxylation is 1. The molecule has 3 aromatic rings. The Kier molecular flexibility index (Phi) is 4.90. The van der Waals surface area contributed by atoms with E-state index in [1.165, 1.54) is 0 Å². The SMILES string of the molecule is Cc1c[nH]c2ncnc(N3CCN(C(=O)N[C@@H](C)c4ccccc4)[C@@H](C)C3)c12. The summed E-state index contributed by atoms with van der Waals surface area (Å²) in [6.07, 6.45) is 3.56. The van der Waals surface area contributed by atoms with Gasteiger partial charge in [0.05, 0.1) is 11.4 Å². The second-order valence-corrected chi connectivity index (χ2v) is 7.46. The maximum Gasteiger partial charge on any atom is 0.318 e. The van der Waals surface area contributed by atoms with E-state index in [2.05, 4.69) is 39.0 Å². The first-order valence-corrected chi connectivity index (χ1v) is 9.70. The summed E-state index contributed by atoms with van der Waals surface area (Å²) < 4.78 is 0. The number of carbonyl (C=O) groups is 1. The van der Waals surface area contributed by atoms with Gasteiger partial charge in [-0.25, -0.2) is 14.8 Å². The lowest BCUT2D eigenvalue weighted by Crippen LogP contribution is -2.57. The van der Waals surface area contributed by atoms with Crippen LogP contribution >= 0.6 is 0 Å². The molecule has 28 heavy (non-hydrogen) atoms. The summed E-state index contributed by atoms with van der Waals surface area (Å²) in [5.41, 5.74) is 3.09. The first-order valence-electron chi connectivity index (χ1n) is 9.70. The second kappa shape index (κ2) is 7.50. The maximum atomic E-state index is 12.8. The third-order valence-electron chi connectivity index (χ3n) is 5.47. The van der Waals surface area contributed by atoms with E-state index < -0.39 is 0 Å². The van der Waals surface area contributed by atoms with Crippen molar-refractivity contribution in [2.75, 3.05) is 24.5 Å². The highest BCUT2D eigenvalue weighted by Gasteiger charge is 2.30. The van der Waals surface area contributed by atoms with Crippen molar-refractivity contribution in [1.29, 1.82) is 0 Å². The van der Waals surface area contributed by atoms with Crippen molar-refractivity contribution in [1.82, 2.24) is 25.2 Å². The number of aromatic amines is 1. The largest absolute Gasteiger partial charge is 0.352 e. The van der Waals surface area contributed by atoms with E-state index in [9.17, 15) is 4.79 Å². The quantitative estimate of drug-likeness (QED) is 0.733. The van der Waals surface area contributed by atoms with E-state index in [1.807, 2.05) is 48.4 Å². The van der Waals surface area contributed by atoms with Crippen molar-refractivity contribution in [3.8, 4) is 0 Å². The number of hydrogen-bond acceptors (Lipinski definition) is 4. The topological polar surface area (TPSA) is 77.2 Å². The van der Waals surface area contributed by atoms with E-state index in [-0.39, 0.29) is 18.1 Å². The Labute approximate surface area is 164 Å². The lowest BCUT2D eigenvalue weighted by molar-refractivity contribution is 0.168. The van der Waals surface area contributed by atoms with Gasteiger partial charge in [0.15, 0.2) is 0 Å². The van der Waals surface area contributed by atoms with Gasteiger partial charge in [-0.2, -0.15) is 0 Å². The minimum Gasteiger partial charge on any atom is -0.352 e. The number of nitrogens with one attached hydrogen (secondary N) is 2. The molecule has 3 heterocycles. The number of piperazine rings is 1. The molecular formula is C21H26N6O. The van der Waals surface area contributed by atoms with Crippen molar-refractivity contribution < 1.29 is 4.79 Å². The van der Waals surface area contributed by atoms with E-state index in [0.29, 0.717) is 6.54 Å². The van der Waals surface area contributed by atoms with Crippen molar-refractivity contribution in [2.45, 2.75) is 32.9 Å². The number of aromatic nitrogens is 3. The van der Waals surface area contributed by atoms with Gasteiger partial charge in [0.1, 0.15) is 17.8 Å². The average Bonchev–Trinajstić information content (AvgIpc) is 3.09. The van der Waals surface area contributed by atoms with Crippen molar-refractivity contribution in [2.24, 2.45) is 0 Å². The molecule has 1 saturated heterocycles. The van der Waals surface area contributed by atoms with Crippen LogP contribution in [-0.2, 0) is 0 Å². The van der Waals surface area contributed by atoms with Gasteiger partial charge in [-0.15, -0.1) is 0 Å². The Morgan fingerprint density at radius 3 is 2.79 bits per heavy atom. The first-order chi connectivity index (χ1) is 13.5. The minimum atomic E-state index is -0.0251. The van der Waals surface area contributed by atoms with Crippen LogP contribution in [0.5, 0.6) is 0 Å². The molecule has 0 spiro atoms. The van der Waals surface area contributed by atoms with Crippen LogP contribution in [0.15, 0.2) is 42.9 Å². The van der Waals surface area contributed by atoms with Gasteiger partial charge >= 0.3 is 6.03 Å². The van der Waals surface area contributed by atoms with Crippen LogP contribution in [0.1, 0.15) is 31.0 Å². The Morgan fingerprint density at radius 1 is 1.25 bits per heavy atom. The maximum absolute atomic E-state index is 12.8. The monoisotopic (exact) mass is 378 g/mol. The minimum absolute atomic E-state index is 0.0193. The summed E-state index contributed by atoms with van der Waals surface area (Å²) in [6, 6.07) is 10.1. The number of H-pyrrole nitrogens is 1. The van der Waals surface area contributed by atoms with Crippen LogP contribution in [0.2, 0.25) is 0 Å². The lowest BCUT2D eigenvalue weighted by Gasteiger charge is -2.40. The summed E-state index contributed by atoms with van der Waals surface area (Å²) in [6.45, 7) is 8.30. The smallest absolute Gasteiger partial charge is 0.318 e. The Morgan fingerprint density at radius 2 is 2.04 bits per heavy atom. The van der Waals surface area contributed by atoms with Gasteiger partial charge in [-0.1, -0.05) is 30.3 Å². The zero-order valence-electron chi connectivity index (χ0n) is 16.5. The summed E-state index contributed by atoms with van der Waals surface area (Å²) in [5, 5.41) is 4.18. The molecule has 0 unspecified atom stereocenters. The molecule has 4 rings (SSSR count). The highest BCUT2D eigenvalue weighted by Crippen LogP contribution is 2.27. The van der Waals surface area contributed by atoms with Gasteiger partial charge in [-0.05, 0) is 31.9 Å². The molecular weight excluding hydrogens is 352 g/mol. The predicted octanol–water partition coefficient (Wildman–Crippen LogP) is 3.25. The number of hydrogen-bond donors (Lipinski definition) is 2. The Bertz CT molecular complexity index is 969. The third kappa shape index (κ3) is 3.40. The molecule has 2 atom stereocenters. The molecule has 0 saturated carbocycles. The molecule has 0 radical (unpaired) electrons. The molecule has 1 aliphatic rings. The molecule has 1 aliphatic heterocycles. The van der Waals surface area contributed by atoms with Crippen molar-refractivity contribution in [3.63, 3.8) is 0 Å². The zero-order valence-corrected chi connectivity index (χ0v) is 16.5. The molecule has 0 bridgehead atoms. The van der Waals surface area contributed by atoms with Crippen LogP contribution in [-0.4, -0.2) is 51.6 Å². The zero-order chi connectivity index (χ0) is 19.7. The van der Waals surface area contributed by atoms with Gasteiger partial charge < -0.3 is 20.1 Å². The molecule has 7 heteroatoms. The fourth-order valence-electron chi connectivity index (χ4n) is 3.88. The number of rotatable bonds is 3. The molecule has 1 fully saturated rings. The molecule has 2 aromatic heterocycles. The Balaban J connectivity index is 1.45. The molecule has 0 aliphatic carbocycles. The first kappa shape index (κ1) is 18.3. The van der Waals surface area contributed by atoms with Gasteiger partial charge in [0, 0.05) is 31.9 Å². The van der Waals surface area contributed by atoms with Crippen LogP contribution in [0.3, 0.4) is 0 Å². The fraction of sp³-hybridized carbons (Fsp3) is 0.381. The van der Waals surface area contributed by atoms with E-state index in [1.54, 1.807) is 6.33 Å². The normalized spacial score (nSPS) is 18.3. The number of urea groups is 1. The molecule has 2 amide bonds. The van der Waals surface area contributed by atoms with Gasteiger partial charge in [0.25, 0.3) is 0 Å². The van der Waals surface area contributed by atoms with E-state index in [0.717, 1.165) is 41.1 Å². The van der Waals surface area contributed by atoms with Crippen LogP contribution in [0.25, 0.3) is 11.0 Å². The number of anilines is 1.